The third kappa shape index (κ3) is 3.89. The van der Waals surface area contributed by atoms with Gasteiger partial charge in [0.25, 0.3) is 0 Å². The van der Waals surface area contributed by atoms with E-state index >= 15 is 0 Å². The van der Waals surface area contributed by atoms with Crippen LogP contribution in [0, 0.1) is 12.8 Å². The number of sulfonamides is 1. The van der Waals surface area contributed by atoms with E-state index in [2.05, 4.69) is 10.3 Å². The summed E-state index contributed by atoms with van der Waals surface area (Å²) in [7, 11) is -0.335. The Bertz CT molecular complexity index is 907. The Morgan fingerprint density at radius 3 is 2.92 bits per heavy atom. The van der Waals surface area contributed by atoms with Crippen molar-refractivity contribution < 1.29 is 17.9 Å². The van der Waals surface area contributed by atoms with Crippen LogP contribution in [0.5, 0.6) is 0 Å². The van der Waals surface area contributed by atoms with E-state index in [1.165, 1.54) is 18.4 Å². The summed E-state index contributed by atoms with van der Waals surface area (Å²) in [6, 6.07) is 3.58. The molecule has 0 bridgehead atoms. The van der Waals surface area contributed by atoms with Gasteiger partial charge in [0.05, 0.1) is 37.1 Å². The highest BCUT2D eigenvalue weighted by Gasteiger charge is 2.34. The van der Waals surface area contributed by atoms with Crippen LogP contribution in [0.15, 0.2) is 24.5 Å². The fourth-order valence-corrected chi connectivity index (χ4v) is 4.27. The number of carbonyl (C=O) groups is 1. The zero-order valence-electron chi connectivity index (χ0n) is 15.2. The van der Waals surface area contributed by atoms with Crippen LogP contribution >= 0.6 is 0 Å². The molecule has 0 radical (unpaired) electrons. The van der Waals surface area contributed by atoms with E-state index in [1.54, 1.807) is 6.20 Å². The second-order valence-corrected chi connectivity index (χ2v) is 9.07. The number of imidazole rings is 1. The van der Waals surface area contributed by atoms with Crippen molar-refractivity contribution in [3.63, 3.8) is 0 Å². The molecule has 0 saturated carbocycles. The zero-order chi connectivity index (χ0) is 18.9. The number of pyridine rings is 1. The van der Waals surface area contributed by atoms with Crippen molar-refractivity contribution >= 4 is 21.6 Å². The Kier molecular flexibility index (Phi) is 5.31. The average Bonchev–Trinajstić information content (AvgIpc) is 3.15. The minimum atomic E-state index is -3.35. The van der Waals surface area contributed by atoms with Crippen LogP contribution in [0.3, 0.4) is 0 Å². The summed E-state index contributed by atoms with van der Waals surface area (Å²) in [4.78, 5) is 16.8. The molecule has 3 heterocycles. The molecule has 3 rings (SSSR count). The molecule has 0 spiro atoms. The lowest BCUT2D eigenvalue weighted by atomic mass is 10.1. The molecule has 1 aliphatic heterocycles. The molecule has 1 aliphatic rings. The van der Waals surface area contributed by atoms with Crippen LogP contribution in [0.25, 0.3) is 5.65 Å². The largest absolute Gasteiger partial charge is 0.379 e. The number of nitrogens with one attached hydrogen (secondary N) is 1. The maximum atomic E-state index is 12.5. The number of fused-ring (bicyclic) bond motifs is 1. The van der Waals surface area contributed by atoms with Gasteiger partial charge in [0.1, 0.15) is 5.65 Å². The van der Waals surface area contributed by atoms with E-state index in [0.717, 1.165) is 16.9 Å². The van der Waals surface area contributed by atoms with Gasteiger partial charge in [0, 0.05) is 32.4 Å². The van der Waals surface area contributed by atoms with Gasteiger partial charge in [0.2, 0.25) is 15.9 Å². The molecule has 0 aromatic carbocycles. The lowest BCUT2D eigenvalue weighted by molar-refractivity contribution is -0.121. The molecule has 1 fully saturated rings. The molecule has 9 heteroatoms. The normalized spacial score (nSPS) is 20.8. The monoisotopic (exact) mass is 380 g/mol. The highest BCUT2D eigenvalue weighted by Crippen LogP contribution is 2.18. The smallest absolute Gasteiger partial charge is 0.226 e. The molecule has 0 aliphatic carbocycles. The predicted octanol–water partition coefficient (Wildman–Crippen LogP) is 0.208. The number of amides is 1. The molecule has 8 nitrogen and oxygen atoms in total. The number of nitrogens with zero attached hydrogens (tertiary/aromatic N) is 3. The molecule has 1 saturated heterocycles. The Morgan fingerprint density at radius 1 is 1.42 bits per heavy atom. The molecular weight excluding hydrogens is 356 g/mol. The second-order valence-electron chi connectivity index (χ2n) is 6.84. The quantitative estimate of drug-likeness (QED) is 0.773. The molecule has 26 heavy (non-hydrogen) atoms. The summed E-state index contributed by atoms with van der Waals surface area (Å²) >= 11 is 0. The first-order chi connectivity index (χ1) is 12.3. The average molecular weight is 380 g/mol. The Morgan fingerprint density at radius 2 is 2.19 bits per heavy atom. The Balaban J connectivity index is 1.66. The number of hydrogen-bond acceptors (Lipinski definition) is 5. The molecule has 2 aromatic heterocycles. The summed E-state index contributed by atoms with van der Waals surface area (Å²) in [6.07, 6.45) is 3.75. The topological polar surface area (TPSA) is 93.0 Å². The Labute approximate surface area is 153 Å². The second kappa shape index (κ2) is 7.34. The first-order valence-corrected chi connectivity index (χ1v) is 10.1. The number of aryl methyl sites for hydroxylation is 1. The van der Waals surface area contributed by atoms with E-state index in [4.69, 9.17) is 4.74 Å². The predicted molar refractivity (Wildman–Crippen MR) is 97.3 cm³/mol. The summed E-state index contributed by atoms with van der Waals surface area (Å²) in [5, 5.41) is 2.92. The van der Waals surface area contributed by atoms with Crippen molar-refractivity contribution in [1.29, 1.82) is 0 Å². The molecule has 1 amide bonds. The number of hydrogen-bond donors (Lipinski definition) is 1. The fourth-order valence-electron chi connectivity index (χ4n) is 3.10. The number of aromatic nitrogens is 2. The van der Waals surface area contributed by atoms with Crippen molar-refractivity contribution in [3.05, 3.63) is 35.8 Å². The fraction of sp³-hybridized carbons (Fsp3) is 0.529. The van der Waals surface area contributed by atoms with Crippen molar-refractivity contribution in [3.8, 4) is 0 Å². The van der Waals surface area contributed by atoms with Crippen molar-refractivity contribution in [1.82, 2.24) is 19.0 Å². The summed E-state index contributed by atoms with van der Waals surface area (Å²) < 4.78 is 32.7. The van der Waals surface area contributed by atoms with Gasteiger partial charge in [-0.3, -0.25) is 4.79 Å². The lowest BCUT2D eigenvalue weighted by Crippen LogP contribution is -2.44. The van der Waals surface area contributed by atoms with Crippen molar-refractivity contribution in [2.75, 3.05) is 33.1 Å². The van der Waals surface area contributed by atoms with Gasteiger partial charge in [-0.25, -0.2) is 17.7 Å². The first-order valence-electron chi connectivity index (χ1n) is 8.47. The van der Waals surface area contributed by atoms with E-state index < -0.39 is 10.0 Å². The standard InChI is InChI=1S/C17H24N4O4S/c1-12-5-4-6-21-14(8-18-17(12)21)7-16(22)19-15-10-25-9-13(15)11-26(23,24)20(2)3/h4-6,8,13,15H,7,9-11H2,1-3H3,(H,19,22)/t13-,15+/m0/s1. The minimum absolute atomic E-state index is 0.0419. The maximum absolute atomic E-state index is 12.5. The van der Waals surface area contributed by atoms with Crippen LogP contribution in [0.2, 0.25) is 0 Å². The van der Waals surface area contributed by atoms with Crippen LogP contribution in [0.4, 0.5) is 0 Å². The molecular formula is C17H24N4O4S. The van der Waals surface area contributed by atoms with E-state index in [0.29, 0.717) is 13.2 Å². The van der Waals surface area contributed by atoms with E-state index in [1.807, 2.05) is 29.7 Å². The SMILES string of the molecule is Cc1cccn2c(CC(=O)N[C@@H]3COC[C@H]3CS(=O)(=O)N(C)C)cnc12. The first kappa shape index (κ1) is 18.8. The van der Waals surface area contributed by atoms with Gasteiger partial charge in [-0.2, -0.15) is 0 Å². The lowest BCUT2D eigenvalue weighted by Gasteiger charge is -2.21. The molecule has 142 valence electrons. The molecule has 1 N–H and O–H groups in total. The van der Waals surface area contributed by atoms with Gasteiger partial charge in [0.15, 0.2) is 0 Å². The maximum Gasteiger partial charge on any atom is 0.226 e. The molecule has 0 unspecified atom stereocenters. The van der Waals surface area contributed by atoms with Crippen LogP contribution < -0.4 is 5.32 Å². The number of rotatable bonds is 6. The third-order valence-electron chi connectivity index (χ3n) is 4.68. The highest BCUT2D eigenvalue weighted by atomic mass is 32.2. The van der Waals surface area contributed by atoms with E-state index in [-0.39, 0.29) is 30.0 Å². The Hall–Kier alpha value is -1.97. The van der Waals surface area contributed by atoms with Gasteiger partial charge < -0.3 is 14.5 Å². The molecule has 2 aromatic rings. The van der Waals surface area contributed by atoms with Crippen molar-refractivity contribution in [2.45, 2.75) is 19.4 Å². The van der Waals surface area contributed by atoms with Crippen LogP contribution in [0.1, 0.15) is 11.3 Å². The van der Waals surface area contributed by atoms with Gasteiger partial charge >= 0.3 is 0 Å². The third-order valence-corrected chi connectivity index (χ3v) is 6.64. The molecule has 2 atom stereocenters. The van der Waals surface area contributed by atoms with Crippen molar-refractivity contribution in [2.24, 2.45) is 5.92 Å². The van der Waals surface area contributed by atoms with Gasteiger partial charge in [-0.15, -0.1) is 0 Å². The summed E-state index contributed by atoms with van der Waals surface area (Å²) in [6.45, 7) is 2.62. The van der Waals surface area contributed by atoms with E-state index in [9.17, 15) is 13.2 Å². The number of ether oxygens (including phenoxy) is 1. The number of carbonyl (C=O) groups excluding carboxylic acids is 1. The van der Waals surface area contributed by atoms with Gasteiger partial charge in [-0.05, 0) is 18.6 Å². The summed E-state index contributed by atoms with van der Waals surface area (Å²) in [5.74, 6) is -0.466. The highest BCUT2D eigenvalue weighted by molar-refractivity contribution is 7.89. The minimum Gasteiger partial charge on any atom is -0.379 e. The zero-order valence-corrected chi connectivity index (χ0v) is 16.0. The summed E-state index contributed by atoms with van der Waals surface area (Å²) in [5.41, 5.74) is 2.66. The van der Waals surface area contributed by atoms with Crippen LogP contribution in [-0.2, 0) is 26.0 Å². The van der Waals surface area contributed by atoms with Gasteiger partial charge in [-0.1, -0.05) is 6.07 Å². The van der Waals surface area contributed by atoms with Crippen LogP contribution in [-0.4, -0.2) is 67.1 Å².